The molecule has 1 unspecified atom stereocenters. The Morgan fingerprint density at radius 1 is 1.54 bits per heavy atom. The first-order chi connectivity index (χ1) is 5.94. The highest BCUT2D eigenvalue weighted by Crippen LogP contribution is 2.18. The zero-order chi connectivity index (χ0) is 10.1. The molecule has 0 radical (unpaired) electrons. The van der Waals surface area contributed by atoms with Crippen molar-refractivity contribution in [2.75, 3.05) is 0 Å². The predicted molar refractivity (Wildman–Crippen MR) is 44.4 cm³/mol. The second-order valence-electron chi connectivity index (χ2n) is 2.18. The molecule has 7 heteroatoms. The summed E-state index contributed by atoms with van der Waals surface area (Å²) in [6, 6.07) is 2.32. The van der Waals surface area contributed by atoms with Gasteiger partial charge < -0.3 is 0 Å². The first-order valence-electron chi connectivity index (χ1n) is 3.12. The summed E-state index contributed by atoms with van der Waals surface area (Å²) in [7, 11) is -4.05. The molecule has 1 atom stereocenters. The van der Waals surface area contributed by atoms with Gasteiger partial charge in [0, 0.05) is 6.20 Å². The van der Waals surface area contributed by atoms with Gasteiger partial charge in [0.15, 0.2) is 0 Å². The van der Waals surface area contributed by atoms with Crippen LogP contribution in [0.3, 0.4) is 0 Å². The normalized spacial score (nSPS) is 15.7. The van der Waals surface area contributed by atoms with Crippen molar-refractivity contribution in [3.8, 4) is 0 Å². The molecule has 0 saturated carbocycles. The summed E-state index contributed by atoms with van der Waals surface area (Å²) in [5, 5.41) is 0.105. The lowest BCUT2D eigenvalue weighted by Gasteiger charge is -2.04. The molecule has 0 spiro atoms. The van der Waals surface area contributed by atoms with Crippen molar-refractivity contribution >= 4 is 21.3 Å². The number of pyridine rings is 1. The highest BCUT2D eigenvalue weighted by molar-refractivity contribution is 7.92. The summed E-state index contributed by atoms with van der Waals surface area (Å²) < 4.78 is 42.1. The van der Waals surface area contributed by atoms with Crippen molar-refractivity contribution in [2.24, 2.45) is 0 Å². The highest BCUT2D eigenvalue weighted by atomic mass is 35.5. The standard InChI is InChI=1S/C6H5ClF2N2OS/c7-5-2-1-4(3-11-5)13(10,12)6(8)9/h1-3,6,10H. The Kier molecular flexibility index (Phi) is 2.82. The van der Waals surface area contributed by atoms with Gasteiger partial charge in [0.2, 0.25) is 0 Å². The van der Waals surface area contributed by atoms with Crippen LogP contribution < -0.4 is 0 Å². The number of aromatic nitrogens is 1. The molecule has 0 aliphatic carbocycles. The van der Waals surface area contributed by atoms with Crippen LogP contribution in [0.4, 0.5) is 8.78 Å². The lowest BCUT2D eigenvalue weighted by molar-refractivity contribution is 0.241. The maximum Gasteiger partial charge on any atom is 0.323 e. The molecule has 72 valence electrons. The van der Waals surface area contributed by atoms with Crippen molar-refractivity contribution in [3.05, 3.63) is 23.5 Å². The van der Waals surface area contributed by atoms with Crippen LogP contribution in [-0.4, -0.2) is 15.0 Å². The quantitative estimate of drug-likeness (QED) is 0.787. The average molecular weight is 227 g/mol. The number of halogens is 3. The molecular weight excluding hydrogens is 222 g/mol. The molecule has 3 nitrogen and oxygen atoms in total. The summed E-state index contributed by atoms with van der Waals surface area (Å²) in [6.45, 7) is 0. The fraction of sp³-hybridized carbons (Fsp3) is 0.167. The molecule has 1 aromatic rings. The monoisotopic (exact) mass is 226 g/mol. The molecule has 0 amide bonds. The Hall–Kier alpha value is -0.750. The lowest BCUT2D eigenvalue weighted by Crippen LogP contribution is -2.09. The maximum atomic E-state index is 12.1. The fourth-order valence-electron chi connectivity index (χ4n) is 0.644. The number of nitrogens with zero attached hydrogens (tertiary/aromatic N) is 1. The molecule has 0 aromatic carbocycles. The smallest absolute Gasteiger partial charge is 0.244 e. The summed E-state index contributed by atoms with van der Waals surface area (Å²) in [5.74, 6) is -3.21. The second-order valence-corrected chi connectivity index (χ2v) is 4.59. The van der Waals surface area contributed by atoms with E-state index in [1.807, 2.05) is 0 Å². The molecule has 1 N–H and O–H groups in total. The van der Waals surface area contributed by atoms with Crippen LogP contribution in [0.25, 0.3) is 0 Å². The topological polar surface area (TPSA) is 53.8 Å². The van der Waals surface area contributed by atoms with Crippen molar-refractivity contribution in [3.63, 3.8) is 0 Å². The first kappa shape index (κ1) is 10.3. The van der Waals surface area contributed by atoms with Gasteiger partial charge in [-0.2, -0.15) is 8.78 Å². The van der Waals surface area contributed by atoms with E-state index < -0.39 is 15.5 Å². The van der Waals surface area contributed by atoms with Crippen molar-refractivity contribution in [2.45, 2.75) is 10.7 Å². The van der Waals surface area contributed by atoms with Crippen LogP contribution in [0.2, 0.25) is 5.15 Å². The number of hydrogen-bond donors (Lipinski definition) is 1. The van der Waals surface area contributed by atoms with Crippen molar-refractivity contribution in [1.82, 2.24) is 4.98 Å². The molecule has 13 heavy (non-hydrogen) atoms. The van der Waals surface area contributed by atoms with Crippen LogP contribution in [0.1, 0.15) is 0 Å². The molecule has 1 aromatic heterocycles. The van der Waals surface area contributed by atoms with Gasteiger partial charge >= 0.3 is 5.76 Å². The Labute approximate surface area is 78.7 Å². The van der Waals surface area contributed by atoms with Crippen molar-refractivity contribution < 1.29 is 13.0 Å². The number of hydrogen-bond acceptors (Lipinski definition) is 3. The number of alkyl halides is 2. The van der Waals surface area contributed by atoms with E-state index in [2.05, 4.69) is 4.98 Å². The van der Waals surface area contributed by atoms with Gasteiger partial charge in [0.05, 0.1) is 4.90 Å². The minimum absolute atomic E-state index is 0.105. The summed E-state index contributed by atoms with van der Waals surface area (Å²) in [6.07, 6.45) is 0.920. The maximum absolute atomic E-state index is 12.1. The van der Waals surface area contributed by atoms with Crippen LogP contribution in [0.5, 0.6) is 0 Å². The van der Waals surface area contributed by atoms with Crippen LogP contribution in [0.15, 0.2) is 23.2 Å². The Balaban J connectivity index is 3.17. The zero-order valence-corrected chi connectivity index (χ0v) is 7.78. The van der Waals surface area contributed by atoms with Gasteiger partial charge in [0.25, 0.3) is 0 Å². The summed E-state index contributed by atoms with van der Waals surface area (Å²) >= 11 is 5.39. The predicted octanol–water partition coefficient (Wildman–Crippen LogP) is 2.36. The molecule has 0 saturated heterocycles. The van der Waals surface area contributed by atoms with Gasteiger partial charge in [-0.15, -0.1) is 0 Å². The third kappa shape index (κ3) is 2.13. The summed E-state index contributed by atoms with van der Waals surface area (Å²) in [5.41, 5.74) is 0. The van der Waals surface area contributed by atoms with Crippen LogP contribution in [-0.2, 0) is 9.73 Å². The first-order valence-corrected chi connectivity index (χ1v) is 5.12. The van der Waals surface area contributed by atoms with Crippen molar-refractivity contribution in [1.29, 1.82) is 4.78 Å². The SMILES string of the molecule is N=S(=O)(c1ccc(Cl)nc1)C(F)F. The van der Waals surface area contributed by atoms with Gasteiger partial charge in [0.1, 0.15) is 14.9 Å². The van der Waals surface area contributed by atoms with E-state index in [0.717, 1.165) is 12.3 Å². The van der Waals surface area contributed by atoms with Gasteiger partial charge in [-0.1, -0.05) is 11.6 Å². The van der Waals surface area contributed by atoms with E-state index in [0.29, 0.717) is 0 Å². The minimum atomic E-state index is -4.05. The van der Waals surface area contributed by atoms with Gasteiger partial charge in [-0.25, -0.2) is 14.0 Å². The lowest BCUT2D eigenvalue weighted by atomic mass is 10.5. The van der Waals surface area contributed by atoms with E-state index in [1.165, 1.54) is 6.07 Å². The van der Waals surface area contributed by atoms with Gasteiger partial charge in [-0.3, -0.25) is 0 Å². The van der Waals surface area contributed by atoms with E-state index in [-0.39, 0.29) is 10.0 Å². The largest absolute Gasteiger partial charge is 0.323 e. The molecule has 0 bridgehead atoms. The fourth-order valence-corrected chi connectivity index (χ4v) is 1.44. The van der Waals surface area contributed by atoms with Gasteiger partial charge in [-0.05, 0) is 12.1 Å². The third-order valence-electron chi connectivity index (χ3n) is 1.30. The number of rotatable bonds is 2. The highest BCUT2D eigenvalue weighted by Gasteiger charge is 2.22. The van der Waals surface area contributed by atoms with E-state index in [9.17, 15) is 13.0 Å². The molecular formula is C6H5ClF2N2OS. The van der Waals surface area contributed by atoms with E-state index >= 15 is 0 Å². The minimum Gasteiger partial charge on any atom is -0.244 e. The van der Waals surface area contributed by atoms with Crippen LogP contribution >= 0.6 is 11.6 Å². The molecule has 0 aliphatic rings. The summed E-state index contributed by atoms with van der Waals surface area (Å²) in [4.78, 5) is 3.15. The molecule has 0 aliphatic heterocycles. The zero-order valence-electron chi connectivity index (χ0n) is 6.21. The second kappa shape index (κ2) is 3.55. The average Bonchev–Trinajstić information content (AvgIpc) is 2.04. The van der Waals surface area contributed by atoms with E-state index in [1.54, 1.807) is 0 Å². The molecule has 1 rings (SSSR count). The Bertz CT molecular complexity index is 390. The third-order valence-corrected chi connectivity index (χ3v) is 2.97. The Morgan fingerprint density at radius 3 is 2.54 bits per heavy atom. The van der Waals surface area contributed by atoms with E-state index in [4.69, 9.17) is 16.4 Å². The molecule has 1 heterocycles. The molecule has 0 fully saturated rings. The Morgan fingerprint density at radius 2 is 2.15 bits per heavy atom. The number of nitrogens with one attached hydrogen (secondary N) is 1. The van der Waals surface area contributed by atoms with Crippen LogP contribution in [0, 0.1) is 4.78 Å².